The molecule has 0 aliphatic heterocycles. The molecule has 0 bridgehead atoms. The summed E-state index contributed by atoms with van der Waals surface area (Å²) in [5.74, 6) is -0.657. The van der Waals surface area contributed by atoms with Crippen LogP contribution in [0, 0.1) is 5.92 Å². The molecule has 1 rings (SSSR count). The molecule has 0 heterocycles. The highest BCUT2D eigenvalue weighted by atomic mass is 16.3. The Morgan fingerprint density at radius 3 is 2.64 bits per heavy atom. The van der Waals surface area contributed by atoms with Gasteiger partial charge < -0.3 is 10.2 Å². The number of carbonyl (C=O) groups excluding carboxylic acids is 1. The fourth-order valence-electron chi connectivity index (χ4n) is 1.47. The lowest BCUT2D eigenvalue weighted by Gasteiger charge is -2.33. The Hall–Kier alpha value is -0.410. The molecule has 0 aromatic rings. The first-order valence-electron chi connectivity index (χ1n) is 3.90. The number of rotatable bonds is 0. The minimum atomic E-state index is -1.21. The molecule has 11 heavy (non-hydrogen) atoms. The number of aliphatic hydroxyl groups excluding tert-OH is 1. The molecule has 3 heteroatoms. The summed E-state index contributed by atoms with van der Waals surface area (Å²) in [5, 5.41) is 18.7. The van der Waals surface area contributed by atoms with Gasteiger partial charge in [-0.25, -0.2) is 0 Å². The number of carbonyl (C=O) groups is 1. The average molecular weight is 158 g/mol. The van der Waals surface area contributed by atoms with E-state index in [1.165, 1.54) is 6.92 Å². The van der Waals surface area contributed by atoms with Crippen molar-refractivity contribution in [3.8, 4) is 0 Å². The van der Waals surface area contributed by atoms with Crippen LogP contribution in [0.2, 0.25) is 0 Å². The van der Waals surface area contributed by atoms with Crippen molar-refractivity contribution in [3.63, 3.8) is 0 Å². The summed E-state index contributed by atoms with van der Waals surface area (Å²) in [7, 11) is 0. The zero-order valence-corrected chi connectivity index (χ0v) is 6.87. The fourth-order valence-corrected chi connectivity index (χ4v) is 1.47. The van der Waals surface area contributed by atoms with Crippen molar-refractivity contribution in [2.45, 2.75) is 38.4 Å². The molecule has 3 atom stereocenters. The molecule has 1 aliphatic carbocycles. The molecule has 1 saturated carbocycles. The predicted molar refractivity (Wildman–Crippen MR) is 40.0 cm³/mol. The summed E-state index contributed by atoms with van der Waals surface area (Å²) in [4.78, 5) is 11.2. The molecule has 2 N–H and O–H groups in total. The fraction of sp³-hybridized carbons (Fsp3) is 0.875. The molecule has 0 saturated heterocycles. The zero-order chi connectivity index (χ0) is 8.65. The van der Waals surface area contributed by atoms with Crippen LogP contribution in [0.15, 0.2) is 0 Å². The van der Waals surface area contributed by atoms with E-state index >= 15 is 0 Å². The predicted octanol–water partition coefficient (Wildman–Crippen LogP) is 0.0973. The lowest BCUT2D eigenvalue weighted by molar-refractivity contribution is -0.150. The van der Waals surface area contributed by atoms with Crippen molar-refractivity contribution in [2.75, 3.05) is 0 Å². The zero-order valence-electron chi connectivity index (χ0n) is 6.87. The van der Waals surface area contributed by atoms with Crippen molar-refractivity contribution in [2.24, 2.45) is 5.92 Å². The van der Waals surface area contributed by atoms with Crippen LogP contribution in [0.25, 0.3) is 0 Å². The van der Waals surface area contributed by atoms with Crippen LogP contribution in [-0.2, 0) is 4.79 Å². The number of aliphatic hydroxyl groups is 2. The van der Waals surface area contributed by atoms with Gasteiger partial charge in [-0.1, -0.05) is 6.92 Å². The van der Waals surface area contributed by atoms with Gasteiger partial charge in [0, 0.05) is 5.92 Å². The molecule has 3 nitrogen and oxygen atoms in total. The normalized spacial score (nSPS) is 46.0. The van der Waals surface area contributed by atoms with Gasteiger partial charge in [0.05, 0.1) is 6.10 Å². The van der Waals surface area contributed by atoms with E-state index in [1.54, 1.807) is 6.92 Å². The van der Waals surface area contributed by atoms with Gasteiger partial charge >= 0.3 is 0 Å². The highest BCUT2D eigenvalue weighted by Crippen LogP contribution is 2.28. The second-order valence-electron chi connectivity index (χ2n) is 3.53. The maximum absolute atomic E-state index is 11.2. The van der Waals surface area contributed by atoms with E-state index in [0.29, 0.717) is 12.8 Å². The highest BCUT2D eigenvalue weighted by Gasteiger charge is 2.41. The van der Waals surface area contributed by atoms with E-state index < -0.39 is 17.6 Å². The number of Topliss-reactive ketones (excluding diaryl/α,β-unsaturated/α-hetero) is 1. The number of ketones is 1. The Morgan fingerprint density at radius 1 is 1.64 bits per heavy atom. The molecule has 0 aromatic carbocycles. The Morgan fingerprint density at radius 2 is 2.18 bits per heavy atom. The van der Waals surface area contributed by atoms with Crippen molar-refractivity contribution in [1.29, 1.82) is 0 Å². The largest absolute Gasteiger partial charge is 0.392 e. The van der Waals surface area contributed by atoms with Gasteiger partial charge in [0.25, 0.3) is 0 Å². The number of hydrogen-bond acceptors (Lipinski definition) is 3. The lowest BCUT2D eigenvalue weighted by Crippen LogP contribution is -2.48. The minimum Gasteiger partial charge on any atom is -0.392 e. The smallest absolute Gasteiger partial charge is 0.169 e. The minimum absolute atomic E-state index is 0.240. The van der Waals surface area contributed by atoms with Crippen LogP contribution in [0.3, 0.4) is 0 Å². The van der Waals surface area contributed by atoms with Gasteiger partial charge in [0.1, 0.15) is 5.60 Å². The molecule has 1 aliphatic rings. The summed E-state index contributed by atoms with van der Waals surface area (Å²) < 4.78 is 0. The maximum atomic E-state index is 11.2. The first-order chi connectivity index (χ1) is 4.95. The highest BCUT2D eigenvalue weighted by molar-refractivity contribution is 5.89. The summed E-state index contributed by atoms with van der Waals surface area (Å²) in [5.41, 5.74) is -1.21. The van der Waals surface area contributed by atoms with E-state index in [0.717, 1.165) is 0 Å². The van der Waals surface area contributed by atoms with Gasteiger partial charge in [0.15, 0.2) is 5.78 Å². The van der Waals surface area contributed by atoms with Crippen molar-refractivity contribution >= 4 is 5.78 Å². The van der Waals surface area contributed by atoms with Gasteiger partial charge in [-0.3, -0.25) is 4.79 Å². The Bertz CT molecular complexity index is 174. The van der Waals surface area contributed by atoms with Gasteiger partial charge in [-0.2, -0.15) is 0 Å². The Labute approximate surface area is 66.0 Å². The van der Waals surface area contributed by atoms with Crippen LogP contribution in [0.5, 0.6) is 0 Å². The molecule has 1 fully saturated rings. The Kier molecular flexibility index (Phi) is 2.03. The number of hydrogen-bond donors (Lipinski definition) is 2. The molecular weight excluding hydrogens is 144 g/mol. The monoisotopic (exact) mass is 158 g/mol. The van der Waals surface area contributed by atoms with Crippen molar-refractivity contribution in [3.05, 3.63) is 0 Å². The topological polar surface area (TPSA) is 57.5 Å². The lowest BCUT2D eigenvalue weighted by atomic mass is 9.77. The van der Waals surface area contributed by atoms with Crippen LogP contribution in [0.1, 0.15) is 26.7 Å². The van der Waals surface area contributed by atoms with Crippen LogP contribution in [0.4, 0.5) is 0 Å². The van der Waals surface area contributed by atoms with Gasteiger partial charge in [-0.05, 0) is 19.8 Å². The first-order valence-corrected chi connectivity index (χ1v) is 3.90. The molecule has 0 spiro atoms. The van der Waals surface area contributed by atoms with Gasteiger partial charge in [0.2, 0.25) is 0 Å². The summed E-state index contributed by atoms with van der Waals surface area (Å²) >= 11 is 0. The van der Waals surface area contributed by atoms with Crippen LogP contribution in [-0.4, -0.2) is 27.7 Å². The average Bonchev–Trinajstić information content (AvgIpc) is 1.95. The third-order valence-corrected chi connectivity index (χ3v) is 2.45. The third-order valence-electron chi connectivity index (χ3n) is 2.45. The second kappa shape index (κ2) is 2.57. The molecule has 0 amide bonds. The summed E-state index contributed by atoms with van der Waals surface area (Å²) in [6.45, 7) is 3.17. The van der Waals surface area contributed by atoms with Crippen LogP contribution >= 0.6 is 0 Å². The van der Waals surface area contributed by atoms with Crippen LogP contribution < -0.4 is 0 Å². The van der Waals surface area contributed by atoms with Crippen molar-refractivity contribution in [1.82, 2.24) is 0 Å². The molecule has 0 radical (unpaired) electrons. The van der Waals surface area contributed by atoms with E-state index in [1.807, 2.05) is 0 Å². The molecular formula is C8H14O3. The third kappa shape index (κ3) is 1.44. The molecule has 3 unspecified atom stereocenters. The SMILES string of the molecule is CC1C(=O)C(C)(O)CCC1O. The van der Waals surface area contributed by atoms with E-state index in [4.69, 9.17) is 0 Å². The van der Waals surface area contributed by atoms with E-state index in [2.05, 4.69) is 0 Å². The summed E-state index contributed by atoms with van der Waals surface area (Å²) in [6.07, 6.45) is 0.319. The quantitative estimate of drug-likeness (QED) is 0.525. The van der Waals surface area contributed by atoms with E-state index in [-0.39, 0.29) is 5.78 Å². The van der Waals surface area contributed by atoms with Crippen molar-refractivity contribution < 1.29 is 15.0 Å². The Balaban J connectivity index is 2.76. The van der Waals surface area contributed by atoms with Gasteiger partial charge in [-0.15, -0.1) is 0 Å². The van der Waals surface area contributed by atoms with E-state index in [9.17, 15) is 15.0 Å². The standard InChI is InChI=1S/C8H14O3/c1-5-6(9)3-4-8(2,11)7(5)10/h5-6,9,11H,3-4H2,1-2H3. The first kappa shape index (κ1) is 8.68. The second-order valence-corrected chi connectivity index (χ2v) is 3.53. The maximum Gasteiger partial charge on any atom is 0.169 e. The molecule has 64 valence electrons. The summed E-state index contributed by atoms with van der Waals surface area (Å²) in [6, 6.07) is 0. The molecule has 0 aromatic heterocycles.